The van der Waals surface area contributed by atoms with Crippen molar-refractivity contribution in [3.05, 3.63) is 77.1 Å². The van der Waals surface area contributed by atoms with Gasteiger partial charge in [-0.05, 0) is 79.8 Å². The Kier molecular flexibility index (Phi) is 7.49. The second kappa shape index (κ2) is 10.8. The molecular formula is C28H28ClFN2O5S. The quantitative estimate of drug-likeness (QED) is 0.359. The van der Waals surface area contributed by atoms with E-state index in [1.54, 1.807) is 36.3 Å². The second-order valence-electron chi connectivity index (χ2n) is 9.57. The molecule has 1 atom stereocenters. The largest absolute Gasteiger partial charge is 0.493 e. The molecule has 7 nitrogen and oxygen atoms in total. The molecule has 1 aliphatic heterocycles. The molecule has 1 N–H and O–H groups in total. The van der Waals surface area contributed by atoms with Crippen LogP contribution in [0.1, 0.15) is 43.6 Å². The van der Waals surface area contributed by atoms with Crippen LogP contribution >= 0.6 is 11.6 Å². The Labute approximate surface area is 226 Å². The summed E-state index contributed by atoms with van der Waals surface area (Å²) in [7, 11) is -2.40. The van der Waals surface area contributed by atoms with E-state index in [1.807, 2.05) is 18.2 Å². The van der Waals surface area contributed by atoms with Crippen LogP contribution in [-0.2, 0) is 14.8 Å². The van der Waals surface area contributed by atoms with Crippen molar-refractivity contribution in [2.45, 2.75) is 49.0 Å². The number of benzene rings is 3. The summed E-state index contributed by atoms with van der Waals surface area (Å²) in [5.41, 5.74) is 1.83. The standard InChI is InChI=1S/C28H28ClFN2O5S/c1-36-26-12-9-18(13-27(26)37-22-7-2-3-8-22)19-14-28(33)32(17-19)21-6-4-5-20(15-21)31-38(34,35)23-10-11-25(30)24(29)16-23/h4-6,9-13,15-16,19,22,31H,2-3,7-8,14,17H2,1H3. The van der Waals surface area contributed by atoms with E-state index < -0.39 is 15.8 Å². The number of anilines is 2. The maximum atomic E-state index is 13.5. The molecule has 200 valence electrons. The van der Waals surface area contributed by atoms with Crippen molar-refractivity contribution in [3.8, 4) is 11.5 Å². The minimum Gasteiger partial charge on any atom is -0.493 e. The van der Waals surface area contributed by atoms with Crippen molar-refractivity contribution in [2.75, 3.05) is 23.3 Å². The van der Waals surface area contributed by atoms with Crippen molar-refractivity contribution in [1.82, 2.24) is 0 Å². The van der Waals surface area contributed by atoms with E-state index in [1.165, 1.54) is 0 Å². The van der Waals surface area contributed by atoms with Gasteiger partial charge in [0.05, 0.1) is 28.8 Å². The fourth-order valence-electron chi connectivity index (χ4n) is 5.00. The summed E-state index contributed by atoms with van der Waals surface area (Å²) < 4.78 is 53.3. The molecule has 1 unspecified atom stereocenters. The second-order valence-corrected chi connectivity index (χ2v) is 11.7. The molecule has 1 heterocycles. The molecule has 3 aromatic rings. The molecule has 0 bridgehead atoms. The predicted octanol–water partition coefficient (Wildman–Crippen LogP) is 6.13. The average Bonchev–Trinajstić information content (AvgIpc) is 3.55. The van der Waals surface area contributed by atoms with Crippen molar-refractivity contribution in [1.29, 1.82) is 0 Å². The monoisotopic (exact) mass is 558 g/mol. The lowest BCUT2D eigenvalue weighted by Gasteiger charge is -2.20. The smallest absolute Gasteiger partial charge is 0.261 e. The molecule has 1 amide bonds. The van der Waals surface area contributed by atoms with Crippen molar-refractivity contribution in [2.24, 2.45) is 0 Å². The summed E-state index contributed by atoms with van der Waals surface area (Å²) >= 11 is 5.76. The Morgan fingerprint density at radius 3 is 2.55 bits per heavy atom. The van der Waals surface area contributed by atoms with Crippen molar-refractivity contribution < 1.29 is 27.1 Å². The van der Waals surface area contributed by atoms with Crippen LogP contribution in [0.25, 0.3) is 0 Å². The van der Waals surface area contributed by atoms with Crippen LogP contribution < -0.4 is 19.1 Å². The maximum absolute atomic E-state index is 13.5. The topological polar surface area (TPSA) is 84.9 Å². The van der Waals surface area contributed by atoms with Gasteiger partial charge in [0.25, 0.3) is 10.0 Å². The Bertz CT molecular complexity index is 1460. The minimum absolute atomic E-state index is 0.0546. The Morgan fingerprint density at radius 1 is 1.03 bits per heavy atom. The van der Waals surface area contributed by atoms with E-state index in [0.717, 1.165) is 49.4 Å². The Hall–Kier alpha value is -3.30. The van der Waals surface area contributed by atoms with Gasteiger partial charge in [0, 0.05) is 24.6 Å². The third-order valence-electron chi connectivity index (χ3n) is 6.99. The molecule has 1 saturated carbocycles. The number of nitrogens with one attached hydrogen (secondary N) is 1. The molecule has 0 radical (unpaired) electrons. The summed E-state index contributed by atoms with van der Waals surface area (Å²) in [5.74, 6) is 0.545. The van der Waals surface area contributed by atoms with Gasteiger partial charge < -0.3 is 14.4 Å². The third kappa shape index (κ3) is 5.59. The molecule has 38 heavy (non-hydrogen) atoms. The summed E-state index contributed by atoms with van der Waals surface area (Å²) in [4.78, 5) is 14.5. The van der Waals surface area contributed by atoms with Crippen LogP contribution in [-0.4, -0.2) is 34.1 Å². The number of sulfonamides is 1. The number of nitrogens with zero attached hydrogens (tertiary/aromatic N) is 1. The average molecular weight is 559 g/mol. The number of carbonyl (C=O) groups is 1. The zero-order chi connectivity index (χ0) is 26.9. The highest BCUT2D eigenvalue weighted by atomic mass is 35.5. The summed E-state index contributed by atoms with van der Waals surface area (Å²) in [6.45, 7) is 0.442. The van der Waals surface area contributed by atoms with Gasteiger partial charge in [-0.15, -0.1) is 0 Å². The third-order valence-corrected chi connectivity index (χ3v) is 8.66. The molecule has 1 saturated heterocycles. The highest BCUT2D eigenvalue weighted by Crippen LogP contribution is 2.38. The first-order valence-corrected chi connectivity index (χ1v) is 14.3. The predicted molar refractivity (Wildman–Crippen MR) is 144 cm³/mol. The molecule has 10 heteroatoms. The maximum Gasteiger partial charge on any atom is 0.261 e. The number of carbonyl (C=O) groups excluding carboxylic acids is 1. The minimum atomic E-state index is -4.01. The molecule has 1 aliphatic carbocycles. The van der Waals surface area contributed by atoms with Gasteiger partial charge in [0.1, 0.15) is 5.82 Å². The van der Waals surface area contributed by atoms with Crippen LogP contribution in [0.4, 0.5) is 15.8 Å². The van der Waals surface area contributed by atoms with Crippen LogP contribution in [0, 0.1) is 5.82 Å². The fraction of sp³-hybridized carbons (Fsp3) is 0.321. The van der Waals surface area contributed by atoms with Gasteiger partial charge in [-0.25, -0.2) is 12.8 Å². The first-order valence-electron chi connectivity index (χ1n) is 12.5. The zero-order valence-electron chi connectivity index (χ0n) is 20.8. The van der Waals surface area contributed by atoms with Crippen molar-refractivity contribution >= 4 is 38.9 Å². The molecule has 2 aliphatic rings. The number of ether oxygens (including phenoxy) is 2. The van der Waals surface area contributed by atoms with Gasteiger partial charge in [-0.2, -0.15) is 0 Å². The Balaban J connectivity index is 1.33. The van der Waals surface area contributed by atoms with Crippen LogP contribution in [0.15, 0.2) is 65.6 Å². The molecule has 5 rings (SSSR count). The molecule has 0 aromatic heterocycles. The van der Waals surface area contributed by atoms with Crippen LogP contribution in [0.2, 0.25) is 5.02 Å². The highest BCUT2D eigenvalue weighted by molar-refractivity contribution is 7.92. The van der Waals surface area contributed by atoms with E-state index in [0.29, 0.717) is 30.2 Å². The van der Waals surface area contributed by atoms with Crippen molar-refractivity contribution in [3.63, 3.8) is 0 Å². The molecular weight excluding hydrogens is 531 g/mol. The summed E-state index contributed by atoms with van der Waals surface area (Å²) in [6, 6.07) is 15.6. The SMILES string of the molecule is COc1ccc(C2CC(=O)N(c3cccc(NS(=O)(=O)c4ccc(F)c(Cl)c4)c3)C2)cc1OC1CCCC1. The zero-order valence-corrected chi connectivity index (χ0v) is 22.4. The lowest BCUT2D eigenvalue weighted by Crippen LogP contribution is -2.24. The van der Waals surface area contributed by atoms with Gasteiger partial charge in [-0.1, -0.05) is 23.7 Å². The van der Waals surface area contributed by atoms with Gasteiger partial charge >= 0.3 is 0 Å². The van der Waals surface area contributed by atoms with E-state index in [2.05, 4.69) is 4.72 Å². The van der Waals surface area contributed by atoms with E-state index in [-0.39, 0.29) is 33.5 Å². The first-order chi connectivity index (χ1) is 18.2. The number of hydrogen-bond acceptors (Lipinski definition) is 5. The molecule has 3 aromatic carbocycles. The number of methoxy groups -OCH3 is 1. The Morgan fingerprint density at radius 2 is 1.82 bits per heavy atom. The fourth-order valence-corrected chi connectivity index (χ4v) is 6.32. The number of halogens is 2. The van der Waals surface area contributed by atoms with E-state index in [4.69, 9.17) is 21.1 Å². The highest BCUT2D eigenvalue weighted by Gasteiger charge is 2.32. The lowest BCUT2D eigenvalue weighted by molar-refractivity contribution is -0.117. The lowest BCUT2D eigenvalue weighted by atomic mass is 9.98. The number of rotatable bonds is 8. The van der Waals surface area contributed by atoms with Crippen LogP contribution in [0.3, 0.4) is 0 Å². The normalized spacial score (nSPS) is 18.1. The summed E-state index contributed by atoms with van der Waals surface area (Å²) in [6.07, 6.45) is 4.86. The van der Waals surface area contributed by atoms with Gasteiger partial charge in [-0.3, -0.25) is 9.52 Å². The number of hydrogen-bond donors (Lipinski definition) is 1. The number of amides is 1. The van der Waals surface area contributed by atoms with Crippen LogP contribution in [0.5, 0.6) is 11.5 Å². The van der Waals surface area contributed by atoms with Gasteiger partial charge in [0.2, 0.25) is 5.91 Å². The molecule has 2 fully saturated rings. The first kappa shape index (κ1) is 26.3. The van der Waals surface area contributed by atoms with E-state index >= 15 is 0 Å². The van der Waals surface area contributed by atoms with E-state index in [9.17, 15) is 17.6 Å². The summed E-state index contributed by atoms with van der Waals surface area (Å²) in [5, 5.41) is -0.286. The molecule has 0 spiro atoms. The van der Waals surface area contributed by atoms with Gasteiger partial charge in [0.15, 0.2) is 11.5 Å².